The highest BCUT2D eigenvalue weighted by atomic mass is 16.5. The minimum atomic E-state index is 0.374. The van der Waals surface area contributed by atoms with E-state index < -0.39 is 0 Å². The summed E-state index contributed by atoms with van der Waals surface area (Å²) >= 11 is 0. The fraction of sp³-hybridized carbons (Fsp3) is 0.250. The molecule has 5 heteroatoms. The predicted molar refractivity (Wildman–Crippen MR) is 83.0 cm³/mol. The summed E-state index contributed by atoms with van der Waals surface area (Å²) in [6.45, 7) is 6.35. The van der Waals surface area contributed by atoms with Crippen molar-refractivity contribution in [2.45, 2.75) is 27.4 Å². The first-order valence-corrected chi connectivity index (χ1v) is 7.05. The van der Waals surface area contributed by atoms with Crippen molar-refractivity contribution in [3.63, 3.8) is 0 Å². The molecule has 0 unspecified atom stereocenters. The number of aryl methyl sites for hydroxylation is 1. The largest absolute Gasteiger partial charge is 0.427 e. The average molecular weight is 284 g/mol. The Hall–Kier alpha value is -2.56. The third-order valence-electron chi connectivity index (χ3n) is 3.03. The number of hydrogen-bond donors (Lipinski definition) is 1. The van der Waals surface area contributed by atoms with Gasteiger partial charge in [0.2, 0.25) is 0 Å². The summed E-state index contributed by atoms with van der Waals surface area (Å²) in [5.41, 5.74) is 2.53. The zero-order valence-corrected chi connectivity index (χ0v) is 12.6. The lowest BCUT2D eigenvalue weighted by Crippen LogP contribution is -2.18. The number of rotatable bonds is 2. The highest BCUT2D eigenvalue weighted by Gasteiger charge is 2.04. The van der Waals surface area contributed by atoms with Crippen molar-refractivity contribution >= 4 is 10.9 Å². The van der Waals surface area contributed by atoms with Crippen LogP contribution in [0.4, 0.5) is 0 Å². The topological polar surface area (TPSA) is 55.3 Å². The SMILES string of the molecule is CC.Cc1nn(CN=c2ccccn2O)c2ccccc12. The molecule has 3 aromatic rings. The Labute approximate surface area is 123 Å². The standard InChI is InChI=1S/C14H14N4O.C2H6/c1-11-12-6-2-3-7-13(12)17(16-11)10-15-14-8-4-5-9-18(14)19;1-2/h2-9,19H,10H2,1H3;1-2H3. The number of fused-ring (bicyclic) bond motifs is 1. The molecule has 3 rings (SSSR count). The van der Waals surface area contributed by atoms with Crippen LogP contribution >= 0.6 is 0 Å². The highest BCUT2D eigenvalue weighted by Crippen LogP contribution is 2.17. The van der Waals surface area contributed by atoms with Crippen molar-refractivity contribution in [3.8, 4) is 0 Å². The zero-order valence-electron chi connectivity index (χ0n) is 12.6. The van der Waals surface area contributed by atoms with E-state index in [0.29, 0.717) is 12.2 Å². The van der Waals surface area contributed by atoms with Crippen LogP contribution in [0.5, 0.6) is 0 Å². The molecule has 0 saturated carbocycles. The van der Waals surface area contributed by atoms with Crippen LogP contribution in [-0.2, 0) is 6.67 Å². The normalized spacial score (nSPS) is 11.3. The Balaban J connectivity index is 0.000000774. The minimum absolute atomic E-state index is 0.374. The molecule has 0 aliphatic heterocycles. The Bertz CT molecular complexity index is 786. The minimum Gasteiger partial charge on any atom is -0.427 e. The molecule has 0 amide bonds. The van der Waals surface area contributed by atoms with Crippen molar-refractivity contribution in [1.82, 2.24) is 14.5 Å². The van der Waals surface area contributed by atoms with Crippen LogP contribution in [0.1, 0.15) is 19.5 Å². The summed E-state index contributed by atoms with van der Waals surface area (Å²) < 4.78 is 2.83. The van der Waals surface area contributed by atoms with Gasteiger partial charge in [-0.2, -0.15) is 9.83 Å². The van der Waals surface area contributed by atoms with Crippen molar-refractivity contribution in [2.75, 3.05) is 0 Å². The molecule has 0 saturated heterocycles. The smallest absolute Gasteiger partial charge is 0.165 e. The van der Waals surface area contributed by atoms with E-state index in [0.717, 1.165) is 21.3 Å². The molecule has 0 aliphatic rings. The van der Waals surface area contributed by atoms with Gasteiger partial charge in [0.25, 0.3) is 0 Å². The Morgan fingerprint density at radius 3 is 2.57 bits per heavy atom. The van der Waals surface area contributed by atoms with Crippen LogP contribution in [-0.4, -0.2) is 19.7 Å². The average Bonchev–Trinajstić information content (AvgIpc) is 2.85. The second kappa shape index (κ2) is 6.74. The molecule has 21 heavy (non-hydrogen) atoms. The molecule has 0 radical (unpaired) electrons. The number of nitrogens with zero attached hydrogens (tertiary/aromatic N) is 4. The van der Waals surface area contributed by atoms with E-state index >= 15 is 0 Å². The van der Waals surface area contributed by atoms with Crippen molar-refractivity contribution in [3.05, 3.63) is 59.8 Å². The maximum atomic E-state index is 9.60. The van der Waals surface area contributed by atoms with Crippen LogP contribution < -0.4 is 5.49 Å². The summed E-state index contributed by atoms with van der Waals surface area (Å²) in [5.74, 6) is 0. The van der Waals surface area contributed by atoms with Gasteiger partial charge in [0.15, 0.2) is 5.49 Å². The van der Waals surface area contributed by atoms with E-state index in [1.807, 2.05) is 55.8 Å². The summed E-state index contributed by atoms with van der Waals surface area (Å²) in [4.78, 5) is 4.35. The predicted octanol–water partition coefficient (Wildman–Crippen LogP) is 2.97. The quantitative estimate of drug-likeness (QED) is 0.736. The Morgan fingerprint density at radius 2 is 1.81 bits per heavy atom. The van der Waals surface area contributed by atoms with Gasteiger partial charge in [-0.05, 0) is 25.1 Å². The van der Waals surface area contributed by atoms with Gasteiger partial charge in [-0.25, -0.2) is 9.67 Å². The molecular formula is C16H20N4O. The molecular weight excluding hydrogens is 264 g/mol. The third kappa shape index (κ3) is 3.13. The Morgan fingerprint density at radius 1 is 1.10 bits per heavy atom. The van der Waals surface area contributed by atoms with E-state index in [-0.39, 0.29) is 0 Å². The van der Waals surface area contributed by atoms with Crippen LogP contribution in [0.25, 0.3) is 10.9 Å². The van der Waals surface area contributed by atoms with Crippen molar-refractivity contribution in [1.29, 1.82) is 0 Å². The van der Waals surface area contributed by atoms with Gasteiger partial charge in [-0.1, -0.05) is 38.1 Å². The van der Waals surface area contributed by atoms with Gasteiger partial charge in [-0.15, -0.1) is 0 Å². The molecule has 5 nitrogen and oxygen atoms in total. The van der Waals surface area contributed by atoms with Gasteiger partial charge in [0.05, 0.1) is 11.2 Å². The third-order valence-corrected chi connectivity index (χ3v) is 3.03. The summed E-state index contributed by atoms with van der Waals surface area (Å²) in [5, 5.41) is 15.2. The molecule has 0 spiro atoms. The monoisotopic (exact) mass is 284 g/mol. The summed E-state index contributed by atoms with van der Waals surface area (Å²) in [6.07, 6.45) is 1.55. The highest BCUT2D eigenvalue weighted by molar-refractivity contribution is 5.81. The molecule has 0 bridgehead atoms. The molecule has 2 aromatic heterocycles. The molecule has 110 valence electrons. The van der Waals surface area contributed by atoms with E-state index in [1.54, 1.807) is 18.3 Å². The molecule has 0 aliphatic carbocycles. The number of para-hydroxylation sites is 1. The summed E-state index contributed by atoms with van der Waals surface area (Å²) in [6, 6.07) is 13.4. The van der Waals surface area contributed by atoms with E-state index in [2.05, 4.69) is 10.1 Å². The lowest BCUT2D eigenvalue weighted by molar-refractivity contribution is 0.171. The first kappa shape index (κ1) is 14.8. The second-order valence-electron chi connectivity index (χ2n) is 4.31. The first-order chi connectivity index (χ1) is 10.3. The van der Waals surface area contributed by atoms with Crippen molar-refractivity contribution in [2.24, 2.45) is 4.99 Å². The maximum absolute atomic E-state index is 9.60. The van der Waals surface area contributed by atoms with Gasteiger partial charge < -0.3 is 5.21 Å². The first-order valence-electron chi connectivity index (χ1n) is 7.05. The number of pyridine rings is 1. The number of benzene rings is 1. The van der Waals surface area contributed by atoms with Gasteiger partial charge in [0, 0.05) is 11.6 Å². The molecule has 0 atom stereocenters. The van der Waals surface area contributed by atoms with E-state index in [1.165, 1.54) is 0 Å². The fourth-order valence-corrected chi connectivity index (χ4v) is 2.09. The zero-order chi connectivity index (χ0) is 15.2. The Kier molecular flexibility index (Phi) is 4.77. The fourth-order valence-electron chi connectivity index (χ4n) is 2.09. The van der Waals surface area contributed by atoms with E-state index in [9.17, 15) is 5.21 Å². The van der Waals surface area contributed by atoms with Crippen LogP contribution in [0.3, 0.4) is 0 Å². The van der Waals surface area contributed by atoms with Gasteiger partial charge in [-0.3, -0.25) is 0 Å². The second-order valence-corrected chi connectivity index (χ2v) is 4.31. The molecule has 1 N–H and O–H groups in total. The van der Waals surface area contributed by atoms with Gasteiger partial charge >= 0.3 is 0 Å². The van der Waals surface area contributed by atoms with Crippen LogP contribution in [0.2, 0.25) is 0 Å². The lowest BCUT2D eigenvalue weighted by atomic mass is 10.2. The molecule has 2 heterocycles. The molecule has 1 aromatic carbocycles. The van der Waals surface area contributed by atoms with Gasteiger partial charge in [0.1, 0.15) is 6.67 Å². The van der Waals surface area contributed by atoms with Crippen LogP contribution in [0, 0.1) is 6.92 Å². The maximum Gasteiger partial charge on any atom is 0.165 e. The van der Waals surface area contributed by atoms with Crippen LogP contribution in [0.15, 0.2) is 53.7 Å². The van der Waals surface area contributed by atoms with Crippen molar-refractivity contribution < 1.29 is 5.21 Å². The molecule has 0 fully saturated rings. The lowest BCUT2D eigenvalue weighted by Gasteiger charge is -2.00. The number of hydrogen-bond acceptors (Lipinski definition) is 3. The number of aromatic nitrogens is 3. The summed E-state index contributed by atoms with van der Waals surface area (Å²) in [7, 11) is 0. The van der Waals surface area contributed by atoms with E-state index in [4.69, 9.17) is 0 Å².